The standard InChI is InChI=1S/C24H22ClN3O2S.ClH/c1-28-20(15-23(29)26-18-9-7-17(25)8-10-18)16-31-24(28)27-19-11-13-22(14-12-19)30-21-5-3-2-4-6-21;/h2-14,20H,15-16H2,1H3,(H,26,29);1H. The van der Waals surface area contributed by atoms with Crippen LogP contribution in [0.15, 0.2) is 83.9 Å². The lowest BCUT2D eigenvalue weighted by Crippen LogP contribution is -2.33. The van der Waals surface area contributed by atoms with Crippen LogP contribution in [-0.2, 0) is 4.79 Å². The molecule has 1 unspecified atom stereocenters. The van der Waals surface area contributed by atoms with Gasteiger partial charge in [0, 0.05) is 36.0 Å². The number of benzene rings is 3. The maximum absolute atomic E-state index is 12.4. The highest BCUT2D eigenvalue weighted by molar-refractivity contribution is 8.14. The molecule has 0 aromatic heterocycles. The van der Waals surface area contributed by atoms with Gasteiger partial charge in [-0.2, -0.15) is 0 Å². The van der Waals surface area contributed by atoms with Crippen LogP contribution < -0.4 is 10.1 Å². The van der Waals surface area contributed by atoms with Gasteiger partial charge in [-0.25, -0.2) is 4.99 Å². The fourth-order valence-electron chi connectivity index (χ4n) is 3.13. The molecule has 0 spiro atoms. The van der Waals surface area contributed by atoms with Crippen molar-refractivity contribution in [2.45, 2.75) is 12.5 Å². The predicted molar refractivity (Wildman–Crippen MR) is 136 cm³/mol. The van der Waals surface area contributed by atoms with Crippen LogP contribution >= 0.6 is 35.8 Å². The van der Waals surface area contributed by atoms with E-state index >= 15 is 0 Å². The summed E-state index contributed by atoms with van der Waals surface area (Å²) in [5.41, 5.74) is 1.59. The van der Waals surface area contributed by atoms with E-state index in [1.54, 1.807) is 36.0 Å². The average molecular weight is 488 g/mol. The van der Waals surface area contributed by atoms with Gasteiger partial charge in [0.25, 0.3) is 0 Å². The smallest absolute Gasteiger partial charge is 0.226 e. The predicted octanol–water partition coefficient (Wildman–Crippen LogP) is 6.62. The number of amidine groups is 1. The van der Waals surface area contributed by atoms with E-state index in [-0.39, 0.29) is 24.4 Å². The van der Waals surface area contributed by atoms with Gasteiger partial charge >= 0.3 is 0 Å². The number of anilines is 1. The quantitative estimate of drug-likeness (QED) is 0.424. The summed E-state index contributed by atoms with van der Waals surface area (Å²) >= 11 is 7.55. The number of thioether (sulfide) groups is 1. The Kier molecular flexibility index (Phi) is 8.45. The van der Waals surface area contributed by atoms with Crippen LogP contribution in [0.5, 0.6) is 11.5 Å². The van der Waals surface area contributed by atoms with Gasteiger partial charge in [0.1, 0.15) is 11.5 Å². The summed E-state index contributed by atoms with van der Waals surface area (Å²) in [4.78, 5) is 19.2. The Balaban J connectivity index is 0.00000289. The number of amides is 1. The number of nitrogens with zero attached hydrogens (tertiary/aromatic N) is 2. The van der Waals surface area contributed by atoms with E-state index in [2.05, 4.69) is 10.2 Å². The zero-order valence-electron chi connectivity index (χ0n) is 17.4. The number of carbonyl (C=O) groups excluding carboxylic acids is 1. The molecule has 1 fully saturated rings. The molecular formula is C24H23Cl2N3O2S. The lowest BCUT2D eigenvalue weighted by molar-refractivity contribution is -0.116. The summed E-state index contributed by atoms with van der Waals surface area (Å²) in [5.74, 6) is 2.36. The third-order valence-corrected chi connectivity index (χ3v) is 6.28. The topological polar surface area (TPSA) is 53.9 Å². The Morgan fingerprint density at radius 3 is 2.41 bits per heavy atom. The van der Waals surface area contributed by atoms with Crippen molar-refractivity contribution in [1.29, 1.82) is 0 Å². The van der Waals surface area contributed by atoms with Gasteiger partial charge in [-0.15, -0.1) is 12.4 Å². The van der Waals surface area contributed by atoms with Gasteiger partial charge in [0.15, 0.2) is 5.17 Å². The number of aliphatic imine (C=N–C) groups is 1. The lowest BCUT2D eigenvalue weighted by atomic mass is 10.2. The molecule has 4 rings (SSSR count). The Morgan fingerprint density at radius 1 is 1.06 bits per heavy atom. The maximum atomic E-state index is 12.4. The number of hydrogen-bond acceptors (Lipinski definition) is 4. The van der Waals surface area contributed by atoms with Crippen LogP contribution in [0, 0.1) is 0 Å². The number of rotatable bonds is 6. The van der Waals surface area contributed by atoms with E-state index in [9.17, 15) is 4.79 Å². The minimum atomic E-state index is -0.0246. The molecule has 32 heavy (non-hydrogen) atoms. The SMILES string of the molecule is CN1C(=Nc2ccc(Oc3ccccc3)cc2)SCC1CC(=O)Nc1ccc(Cl)cc1.Cl. The average Bonchev–Trinajstić information content (AvgIpc) is 3.11. The van der Waals surface area contributed by atoms with Crippen molar-refractivity contribution in [2.24, 2.45) is 4.99 Å². The van der Waals surface area contributed by atoms with E-state index in [1.807, 2.05) is 61.6 Å². The molecule has 1 amide bonds. The van der Waals surface area contributed by atoms with Crippen molar-refractivity contribution < 1.29 is 9.53 Å². The summed E-state index contributed by atoms with van der Waals surface area (Å²) in [6, 6.07) is 24.6. The molecule has 3 aromatic carbocycles. The number of carbonyl (C=O) groups is 1. The van der Waals surface area contributed by atoms with Crippen molar-refractivity contribution in [3.05, 3.63) is 83.9 Å². The maximum Gasteiger partial charge on any atom is 0.226 e. The van der Waals surface area contributed by atoms with Crippen LogP contribution in [0.1, 0.15) is 6.42 Å². The Hall–Kier alpha value is -2.67. The molecular weight excluding hydrogens is 465 g/mol. The molecule has 0 radical (unpaired) electrons. The first kappa shape index (κ1) is 24.0. The lowest BCUT2D eigenvalue weighted by Gasteiger charge is -2.20. The second-order valence-corrected chi connectivity index (χ2v) is 8.56. The van der Waals surface area contributed by atoms with E-state index in [0.717, 1.165) is 33.8 Å². The zero-order valence-corrected chi connectivity index (χ0v) is 19.8. The number of halogens is 2. The van der Waals surface area contributed by atoms with Gasteiger partial charge < -0.3 is 15.0 Å². The van der Waals surface area contributed by atoms with Gasteiger partial charge in [-0.05, 0) is 60.7 Å². The summed E-state index contributed by atoms with van der Waals surface area (Å²) < 4.78 is 5.82. The van der Waals surface area contributed by atoms with Gasteiger partial charge in [-0.1, -0.05) is 41.6 Å². The van der Waals surface area contributed by atoms with E-state index in [4.69, 9.17) is 21.3 Å². The number of nitrogens with one attached hydrogen (secondary N) is 1. The summed E-state index contributed by atoms with van der Waals surface area (Å²) in [6.45, 7) is 0. The van der Waals surface area contributed by atoms with Crippen LogP contribution in [-0.4, -0.2) is 34.8 Å². The number of hydrogen-bond donors (Lipinski definition) is 1. The molecule has 1 aliphatic heterocycles. The highest BCUT2D eigenvalue weighted by atomic mass is 35.5. The Labute approximate surface area is 203 Å². The fourth-order valence-corrected chi connectivity index (χ4v) is 4.46. The van der Waals surface area contributed by atoms with Crippen molar-refractivity contribution in [3.63, 3.8) is 0 Å². The van der Waals surface area contributed by atoms with Crippen molar-refractivity contribution in [1.82, 2.24) is 4.90 Å². The summed E-state index contributed by atoms with van der Waals surface area (Å²) in [6.07, 6.45) is 0.398. The van der Waals surface area contributed by atoms with Gasteiger partial charge in [-0.3, -0.25) is 4.79 Å². The molecule has 1 saturated heterocycles. The van der Waals surface area contributed by atoms with Crippen LogP contribution in [0.4, 0.5) is 11.4 Å². The van der Waals surface area contributed by atoms with Crippen LogP contribution in [0.3, 0.4) is 0 Å². The van der Waals surface area contributed by atoms with Gasteiger partial charge in [0.2, 0.25) is 5.91 Å². The first-order valence-electron chi connectivity index (χ1n) is 9.89. The largest absolute Gasteiger partial charge is 0.457 e. The molecule has 0 aliphatic carbocycles. The monoisotopic (exact) mass is 487 g/mol. The highest BCUT2D eigenvalue weighted by Gasteiger charge is 2.29. The molecule has 1 heterocycles. The molecule has 0 saturated carbocycles. The second kappa shape index (κ2) is 11.3. The van der Waals surface area contributed by atoms with Gasteiger partial charge in [0.05, 0.1) is 5.69 Å². The third kappa shape index (κ3) is 6.42. The second-order valence-electron chi connectivity index (χ2n) is 7.14. The Morgan fingerprint density at radius 2 is 1.72 bits per heavy atom. The molecule has 1 aliphatic rings. The third-order valence-electron chi connectivity index (χ3n) is 4.84. The van der Waals surface area contributed by atoms with Crippen molar-refractivity contribution in [3.8, 4) is 11.5 Å². The molecule has 1 atom stereocenters. The minimum Gasteiger partial charge on any atom is -0.457 e. The van der Waals surface area contributed by atoms with E-state index in [0.29, 0.717) is 11.4 Å². The molecule has 0 bridgehead atoms. The highest BCUT2D eigenvalue weighted by Crippen LogP contribution is 2.29. The normalized spacial score (nSPS) is 16.5. The number of para-hydroxylation sites is 1. The minimum absolute atomic E-state index is 0. The first-order valence-corrected chi connectivity index (χ1v) is 11.3. The number of ether oxygens (including phenoxy) is 1. The Bertz CT molecular complexity index is 1060. The van der Waals surface area contributed by atoms with Crippen molar-refractivity contribution >= 4 is 58.2 Å². The molecule has 3 aromatic rings. The molecule has 1 N–H and O–H groups in total. The summed E-state index contributed by atoms with van der Waals surface area (Å²) in [7, 11) is 1.98. The molecule has 5 nitrogen and oxygen atoms in total. The van der Waals surface area contributed by atoms with Crippen LogP contribution in [0.25, 0.3) is 0 Å². The summed E-state index contributed by atoms with van der Waals surface area (Å²) in [5, 5.41) is 4.47. The van der Waals surface area contributed by atoms with E-state index in [1.165, 1.54) is 0 Å². The zero-order chi connectivity index (χ0) is 21.6. The fraction of sp³-hybridized carbons (Fsp3) is 0.167. The van der Waals surface area contributed by atoms with Crippen molar-refractivity contribution in [2.75, 3.05) is 18.1 Å². The first-order chi connectivity index (χ1) is 15.1. The van der Waals surface area contributed by atoms with Crippen LogP contribution in [0.2, 0.25) is 5.02 Å². The molecule has 8 heteroatoms. The molecule has 166 valence electrons. The van der Waals surface area contributed by atoms with E-state index < -0.39 is 0 Å².